The summed E-state index contributed by atoms with van der Waals surface area (Å²) in [5.41, 5.74) is 0.636. The summed E-state index contributed by atoms with van der Waals surface area (Å²) in [6.07, 6.45) is 2.14. The largest absolute Gasteiger partial charge is 0.423 e. The topological polar surface area (TPSA) is 52.6 Å². The first-order valence-electron chi connectivity index (χ1n) is 6.37. The molecule has 0 fully saturated rings. The van der Waals surface area contributed by atoms with E-state index >= 15 is 0 Å². The summed E-state index contributed by atoms with van der Waals surface area (Å²) in [7, 11) is 0. The quantitative estimate of drug-likeness (QED) is 0.486. The van der Waals surface area contributed by atoms with Gasteiger partial charge in [-0.05, 0) is 36.8 Å². The Hall–Kier alpha value is -2.59. The molecular formula is C17H13ClO4. The summed E-state index contributed by atoms with van der Waals surface area (Å²) in [5, 5.41) is 1.62. The number of aryl methyl sites for hydroxylation is 1. The van der Waals surface area contributed by atoms with Crippen molar-refractivity contribution >= 4 is 34.3 Å². The van der Waals surface area contributed by atoms with Crippen LogP contribution in [0.4, 0.5) is 0 Å². The summed E-state index contributed by atoms with van der Waals surface area (Å²) >= 11 is 6.00. The maximum Gasteiger partial charge on any atom is 0.335 e. The molecule has 0 saturated carbocycles. The summed E-state index contributed by atoms with van der Waals surface area (Å²) < 4.78 is 10.5. The number of fused-ring (bicyclic) bond motifs is 1. The van der Waals surface area contributed by atoms with Crippen LogP contribution in [0.5, 0.6) is 11.5 Å². The van der Waals surface area contributed by atoms with Crippen LogP contribution in [0.25, 0.3) is 10.8 Å². The third kappa shape index (κ3) is 3.18. The Morgan fingerprint density at radius 1 is 1.05 bits per heavy atom. The van der Waals surface area contributed by atoms with E-state index in [0.29, 0.717) is 32.9 Å². The molecule has 0 aliphatic heterocycles. The first-order chi connectivity index (χ1) is 10.5. The molecule has 0 unspecified atom stereocenters. The van der Waals surface area contributed by atoms with E-state index in [-0.39, 0.29) is 0 Å². The molecule has 0 heterocycles. The zero-order chi connectivity index (χ0) is 16.3. The van der Waals surface area contributed by atoms with E-state index in [1.807, 2.05) is 0 Å². The van der Waals surface area contributed by atoms with Crippen molar-refractivity contribution in [3.63, 3.8) is 0 Å². The SMILES string of the molecule is C=CC(=O)Oc1cc(C)c(OC(=O)C=C)c2ccc(Cl)cc12. The van der Waals surface area contributed by atoms with Crippen LogP contribution < -0.4 is 9.47 Å². The smallest absolute Gasteiger partial charge is 0.335 e. The molecular weight excluding hydrogens is 304 g/mol. The molecule has 0 aromatic heterocycles. The summed E-state index contributed by atoms with van der Waals surface area (Å²) in [6, 6.07) is 6.59. The lowest BCUT2D eigenvalue weighted by Crippen LogP contribution is -2.07. The van der Waals surface area contributed by atoms with Gasteiger partial charge in [0.2, 0.25) is 0 Å². The van der Waals surface area contributed by atoms with E-state index in [9.17, 15) is 9.59 Å². The van der Waals surface area contributed by atoms with Gasteiger partial charge in [-0.25, -0.2) is 9.59 Å². The van der Waals surface area contributed by atoms with Crippen molar-refractivity contribution in [3.8, 4) is 11.5 Å². The zero-order valence-electron chi connectivity index (χ0n) is 11.9. The molecule has 0 N–H and O–H groups in total. The highest BCUT2D eigenvalue weighted by Crippen LogP contribution is 2.38. The van der Waals surface area contributed by atoms with Crippen molar-refractivity contribution in [1.29, 1.82) is 0 Å². The van der Waals surface area contributed by atoms with Crippen LogP contribution in [0.3, 0.4) is 0 Å². The van der Waals surface area contributed by atoms with Gasteiger partial charge in [0, 0.05) is 27.9 Å². The molecule has 2 aromatic carbocycles. The highest BCUT2D eigenvalue weighted by Gasteiger charge is 2.15. The lowest BCUT2D eigenvalue weighted by atomic mass is 10.0. The second-order valence-corrected chi connectivity index (χ2v) is 4.90. The molecule has 0 bridgehead atoms. The van der Waals surface area contributed by atoms with Gasteiger partial charge in [-0.2, -0.15) is 0 Å². The average molecular weight is 317 g/mol. The number of rotatable bonds is 4. The van der Waals surface area contributed by atoms with Gasteiger partial charge in [0.15, 0.2) is 0 Å². The lowest BCUT2D eigenvalue weighted by molar-refractivity contribution is -0.130. The van der Waals surface area contributed by atoms with E-state index in [1.54, 1.807) is 31.2 Å². The minimum Gasteiger partial charge on any atom is -0.423 e. The standard InChI is InChI=1S/C17H13ClO4/c1-4-15(19)21-14-8-10(3)17(22-16(20)5-2)12-7-6-11(18)9-13(12)14/h4-9H,1-2H2,3H3. The molecule has 4 nitrogen and oxygen atoms in total. The Balaban J connectivity index is 2.68. The van der Waals surface area contributed by atoms with E-state index in [2.05, 4.69) is 13.2 Å². The molecule has 112 valence electrons. The molecule has 0 aliphatic carbocycles. The molecule has 0 saturated heterocycles. The molecule has 22 heavy (non-hydrogen) atoms. The number of hydrogen-bond acceptors (Lipinski definition) is 4. The number of hydrogen-bond donors (Lipinski definition) is 0. The molecule has 0 spiro atoms. The van der Waals surface area contributed by atoms with Crippen LogP contribution in [0.15, 0.2) is 49.6 Å². The summed E-state index contributed by atoms with van der Waals surface area (Å²) in [4.78, 5) is 22.9. The number of halogens is 1. The summed E-state index contributed by atoms with van der Waals surface area (Å²) in [5.74, 6) is -0.472. The number of esters is 2. The minimum atomic E-state index is -0.587. The Morgan fingerprint density at radius 3 is 2.32 bits per heavy atom. The van der Waals surface area contributed by atoms with Crippen molar-refractivity contribution in [2.45, 2.75) is 6.92 Å². The van der Waals surface area contributed by atoms with Crippen molar-refractivity contribution in [2.75, 3.05) is 0 Å². The van der Waals surface area contributed by atoms with Gasteiger partial charge >= 0.3 is 11.9 Å². The maximum atomic E-state index is 11.5. The van der Waals surface area contributed by atoms with Crippen molar-refractivity contribution in [2.24, 2.45) is 0 Å². The van der Waals surface area contributed by atoms with Gasteiger partial charge in [0.1, 0.15) is 11.5 Å². The van der Waals surface area contributed by atoms with Crippen LogP contribution in [0.2, 0.25) is 5.02 Å². The molecule has 0 amide bonds. The highest BCUT2D eigenvalue weighted by molar-refractivity contribution is 6.31. The Bertz CT molecular complexity index is 793. The third-order valence-corrected chi connectivity index (χ3v) is 3.18. The monoisotopic (exact) mass is 316 g/mol. The Labute approximate surface area is 132 Å². The van der Waals surface area contributed by atoms with E-state index in [4.69, 9.17) is 21.1 Å². The van der Waals surface area contributed by atoms with Gasteiger partial charge < -0.3 is 9.47 Å². The van der Waals surface area contributed by atoms with Gasteiger partial charge in [0.25, 0.3) is 0 Å². The average Bonchev–Trinajstić information content (AvgIpc) is 2.50. The Kier molecular flexibility index (Phi) is 4.63. The maximum absolute atomic E-state index is 11.5. The predicted octanol–water partition coefficient (Wildman–Crippen LogP) is 3.98. The normalized spacial score (nSPS) is 10.1. The van der Waals surface area contributed by atoms with Gasteiger partial charge in [-0.3, -0.25) is 0 Å². The molecule has 2 rings (SSSR count). The van der Waals surface area contributed by atoms with Gasteiger partial charge in [0.05, 0.1) is 0 Å². The number of carbonyl (C=O) groups excluding carboxylic acids is 2. The highest BCUT2D eigenvalue weighted by atomic mass is 35.5. The number of benzene rings is 2. The second kappa shape index (κ2) is 6.45. The molecule has 5 heteroatoms. The zero-order valence-corrected chi connectivity index (χ0v) is 12.6. The number of carbonyl (C=O) groups is 2. The first kappa shape index (κ1) is 15.8. The van der Waals surface area contributed by atoms with Gasteiger partial charge in [-0.1, -0.05) is 24.8 Å². The number of ether oxygens (including phenoxy) is 2. The molecule has 2 aromatic rings. The lowest BCUT2D eigenvalue weighted by Gasteiger charge is -2.13. The fourth-order valence-corrected chi connectivity index (χ4v) is 2.16. The van der Waals surface area contributed by atoms with E-state index < -0.39 is 11.9 Å². The fraction of sp³-hybridized carbons (Fsp3) is 0.0588. The summed E-state index contributed by atoms with van der Waals surface area (Å²) in [6.45, 7) is 8.48. The van der Waals surface area contributed by atoms with Crippen molar-refractivity contribution < 1.29 is 19.1 Å². The van der Waals surface area contributed by atoms with E-state index in [0.717, 1.165) is 12.2 Å². The fourth-order valence-electron chi connectivity index (χ4n) is 1.98. The van der Waals surface area contributed by atoms with Crippen molar-refractivity contribution in [3.05, 3.63) is 60.2 Å². The third-order valence-electron chi connectivity index (χ3n) is 2.94. The molecule has 0 aliphatic rings. The minimum absolute atomic E-state index is 0.318. The van der Waals surface area contributed by atoms with Gasteiger partial charge in [-0.15, -0.1) is 0 Å². The van der Waals surface area contributed by atoms with Crippen LogP contribution >= 0.6 is 11.6 Å². The molecule has 0 radical (unpaired) electrons. The molecule has 0 atom stereocenters. The van der Waals surface area contributed by atoms with Crippen LogP contribution in [0, 0.1) is 6.92 Å². The van der Waals surface area contributed by atoms with Crippen molar-refractivity contribution in [1.82, 2.24) is 0 Å². The Morgan fingerprint density at radius 2 is 1.68 bits per heavy atom. The van der Waals surface area contributed by atoms with Crippen LogP contribution in [0.1, 0.15) is 5.56 Å². The predicted molar refractivity (Wildman–Crippen MR) is 85.4 cm³/mol. The van der Waals surface area contributed by atoms with Crippen LogP contribution in [-0.2, 0) is 9.59 Å². The second-order valence-electron chi connectivity index (χ2n) is 4.46. The van der Waals surface area contributed by atoms with Crippen LogP contribution in [-0.4, -0.2) is 11.9 Å². The first-order valence-corrected chi connectivity index (χ1v) is 6.75. The van der Waals surface area contributed by atoms with E-state index in [1.165, 1.54) is 0 Å².